The maximum absolute atomic E-state index is 12.1. The number of nitrogen functional groups attached to an aromatic ring is 1. The van der Waals surface area contributed by atoms with E-state index in [4.69, 9.17) is 31.9 Å². The Bertz CT molecular complexity index is 625. The van der Waals surface area contributed by atoms with E-state index in [1.165, 1.54) is 7.11 Å². The van der Waals surface area contributed by atoms with Crippen molar-refractivity contribution in [2.75, 3.05) is 39.1 Å². The molecule has 2 rings (SSSR count). The standard InChI is InChI=1S/C15H20ClN3O5/c1-23-12-6-9(10(16)7-11(12)17)2-3-18-14(20)13-8-19(15(21)22)4-5-24-13/h6-7,13H,2-5,8,17H2,1H3,(H,18,20)(H,21,22)/t13-/m1/s1. The predicted molar refractivity (Wildman–Crippen MR) is 88.5 cm³/mol. The minimum atomic E-state index is -1.06. The highest BCUT2D eigenvalue weighted by molar-refractivity contribution is 6.31. The van der Waals surface area contributed by atoms with Crippen molar-refractivity contribution in [2.45, 2.75) is 12.5 Å². The molecule has 1 heterocycles. The molecule has 0 bridgehead atoms. The number of methoxy groups -OCH3 is 1. The Labute approximate surface area is 144 Å². The van der Waals surface area contributed by atoms with Gasteiger partial charge < -0.3 is 30.5 Å². The van der Waals surface area contributed by atoms with Gasteiger partial charge in [0.2, 0.25) is 0 Å². The third-order valence-electron chi connectivity index (χ3n) is 3.72. The van der Waals surface area contributed by atoms with Gasteiger partial charge >= 0.3 is 6.09 Å². The molecule has 1 aromatic rings. The number of carboxylic acid groups (broad SMARTS) is 1. The van der Waals surface area contributed by atoms with Gasteiger partial charge in [-0.2, -0.15) is 0 Å². The highest BCUT2D eigenvalue weighted by Gasteiger charge is 2.28. The number of amides is 2. The van der Waals surface area contributed by atoms with Gasteiger partial charge in [0, 0.05) is 18.1 Å². The van der Waals surface area contributed by atoms with Crippen LogP contribution in [0.5, 0.6) is 5.75 Å². The Morgan fingerprint density at radius 2 is 2.29 bits per heavy atom. The lowest BCUT2D eigenvalue weighted by Crippen LogP contribution is -2.51. The van der Waals surface area contributed by atoms with E-state index in [2.05, 4.69) is 5.32 Å². The number of nitrogens with two attached hydrogens (primary N) is 1. The molecule has 1 atom stereocenters. The number of rotatable bonds is 5. The van der Waals surface area contributed by atoms with Gasteiger partial charge in [-0.25, -0.2) is 4.79 Å². The van der Waals surface area contributed by atoms with Crippen molar-refractivity contribution in [1.29, 1.82) is 0 Å². The number of nitrogens with one attached hydrogen (secondary N) is 1. The van der Waals surface area contributed by atoms with Crippen LogP contribution in [0.2, 0.25) is 5.02 Å². The van der Waals surface area contributed by atoms with Crippen LogP contribution in [0.1, 0.15) is 5.56 Å². The molecule has 132 valence electrons. The summed E-state index contributed by atoms with van der Waals surface area (Å²) in [6.07, 6.45) is -1.38. The van der Waals surface area contributed by atoms with E-state index >= 15 is 0 Å². The summed E-state index contributed by atoms with van der Waals surface area (Å²) in [6, 6.07) is 3.33. The smallest absolute Gasteiger partial charge is 0.407 e. The van der Waals surface area contributed by atoms with Crippen LogP contribution in [0.4, 0.5) is 10.5 Å². The average molecular weight is 358 g/mol. The Kier molecular flexibility index (Phi) is 6.10. The van der Waals surface area contributed by atoms with E-state index in [1.54, 1.807) is 12.1 Å². The second kappa shape index (κ2) is 8.07. The second-order valence-corrected chi connectivity index (χ2v) is 5.72. The fourth-order valence-electron chi connectivity index (χ4n) is 2.40. The molecule has 0 spiro atoms. The minimum Gasteiger partial charge on any atom is -0.495 e. The zero-order chi connectivity index (χ0) is 17.7. The Balaban J connectivity index is 1.87. The summed E-state index contributed by atoms with van der Waals surface area (Å²) in [4.78, 5) is 24.2. The lowest BCUT2D eigenvalue weighted by atomic mass is 10.1. The van der Waals surface area contributed by atoms with Crippen LogP contribution >= 0.6 is 11.6 Å². The molecule has 4 N–H and O–H groups in total. The number of carbonyl (C=O) groups excluding carboxylic acids is 1. The van der Waals surface area contributed by atoms with Crippen LogP contribution in [-0.4, -0.2) is 61.5 Å². The number of ether oxygens (including phenoxy) is 2. The number of carbonyl (C=O) groups is 2. The first-order valence-corrected chi connectivity index (χ1v) is 7.79. The first-order chi connectivity index (χ1) is 11.4. The molecule has 1 aliphatic heterocycles. The molecular formula is C15H20ClN3O5. The van der Waals surface area contributed by atoms with Gasteiger partial charge in [-0.15, -0.1) is 0 Å². The van der Waals surface area contributed by atoms with Crippen LogP contribution in [0.3, 0.4) is 0 Å². The normalized spacial score (nSPS) is 17.4. The molecule has 2 amide bonds. The third kappa shape index (κ3) is 4.42. The maximum Gasteiger partial charge on any atom is 0.407 e. The lowest BCUT2D eigenvalue weighted by molar-refractivity contribution is -0.137. The number of morpholine rings is 1. The fourth-order valence-corrected chi connectivity index (χ4v) is 2.66. The Hall–Kier alpha value is -2.19. The molecule has 24 heavy (non-hydrogen) atoms. The van der Waals surface area contributed by atoms with E-state index in [0.29, 0.717) is 29.4 Å². The largest absolute Gasteiger partial charge is 0.495 e. The van der Waals surface area contributed by atoms with Gasteiger partial charge in [0.15, 0.2) is 6.10 Å². The molecule has 1 aliphatic rings. The first-order valence-electron chi connectivity index (χ1n) is 7.41. The Morgan fingerprint density at radius 1 is 1.54 bits per heavy atom. The SMILES string of the molecule is COc1cc(CCNC(=O)[C@H]2CN(C(=O)O)CCO2)c(Cl)cc1N. The topological polar surface area (TPSA) is 114 Å². The van der Waals surface area contributed by atoms with Crippen molar-refractivity contribution in [3.05, 3.63) is 22.7 Å². The van der Waals surface area contributed by atoms with Crippen LogP contribution in [-0.2, 0) is 16.0 Å². The van der Waals surface area contributed by atoms with Crippen LogP contribution in [0, 0.1) is 0 Å². The third-order valence-corrected chi connectivity index (χ3v) is 4.07. The van der Waals surface area contributed by atoms with Gasteiger partial charge in [-0.05, 0) is 24.1 Å². The Morgan fingerprint density at radius 3 is 2.96 bits per heavy atom. The van der Waals surface area contributed by atoms with E-state index in [0.717, 1.165) is 10.5 Å². The van der Waals surface area contributed by atoms with Crippen molar-refractivity contribution in [2.24, 2.45) is 0 Å². The van der Waals surface area contributed by atoms with Gasteiger partial charge in [0.25, 0.3) is 5.91 Å². The molecule has 8 nitrogen and oxygen atoms in total. The minimum absolute atomic E-state index is 0.0254. The summed E-state index contributed by atoms with van der Waals surface area (Å²) < 4.78 is 10.5. The zero-order valence-electron chi connectivity index (χ0n) is 13.3. The molecule has 9 heteroatoms. The molecule has 1 aromatic carbocycles. The summed E-state index contributed by atoms with van der Waals surface area (Å²) in [6.45, 7) is 0.821. The van der Waals surface area contributed by atoms with Crippen LogP contribution in [0.25, 0.3) is 0 Å². The van der Waals surface area contributed by atoms with Crippen molar-refractivity contribution < 1.29 is 24.2 Å². The van der Waals surface area contributed by atoms with E-state index in [1.807, 2.05) is 0 Å². The van der Waals surface area contributed by atoms with Crippen molar-refractivity contribution in [1.82, 2.24) is 10.2 Å². The quantitative estimate of drug-likeness (QED) is 0.676. The number of nitrogens with zero attached hydrogens (tertiary/aromatic N) is 1. The second-order valence-electron chi connectivity index (χ2n) is 5.31. The summed E-state index contributed by atoms with van der Waals surface area (Å²) in [7, 11) is 1.51. The van der Waals surface area contributed by atoms with Crippen molar-refractivity contribution >= 4 is 29.3 Å². The summed E-state index contributed by atoms with van der Waals surface area (Å²) in [5.41, 5.74) is 7.00. The molecule has 0 saturated carbocycles. The fraction of sp³-hybridized carbons (Fsp3) is 0.467. The monoisotopic (exact) mass is 357 g/mol. The van der Waals surface area contributed by atoms with Gasteiger partial charge in [0.1, 0.15) is 5.75 Å². The van der Waals surface area contributed by atoms with Gasteiger partial charge in [-0.1, -0.05) is 11.6 Å². The summed E-state index contributed by atoms with van der Waals surface area (Å²) in [5, 5.41) is 12.2. The molecule has 1 saturated heterocycles. The molecular weight excluding hydrogens is 338 g/mol. The van der Waals surface area contributed by atoms with Crippen molar-refractivity contribution in [3.8, 4) is 5.75 Å². The number of benzene rings is 1. The number of anilines is 1. The molecule has 1 fully saturated rings. The first kappa shape index (κ1) is 18.2. The predicted octanol–water partition coefficient (Wildman–Crippen LogP) is 0.968. The zero-order valence-corrected chi connectivity index (χ0v) is 14.0. The van der Waals surface area contributed by atoms with E-state index in [9.17, 15) is 9.59 Å². The van der Waals surface area contributed by atoms with Gasteiger partial charge in [-0.3, -0.25) is 4.79 Å². The van der Waals surface area contributed by atoms with Crippen LogP contribution < -0.4 is 15.8 Å². The van der Waals surface area contributed by atoms with Crippen molar-refractivity contribution in [3.63, 3.8) is 0 Å². The maximum atomic E-state index is 12.1. The summed E-state index contributed by atoms with van der Waals surface area (Å²) >= 11 is 6.13. The molecule has 0 aromatic heterocycles. The molecule has 0 aliphatic carbocycles. The van der Waals surface area contributed by atoms with Gasteiger partial charge in [0.05, 0.1) is 25.9 Å². The number of hydrogen-bond donors (Lipinski definition) is 3. The number of halogens is 1. The molecule has 0 radical (unpaired) electrons. The number of hydrogen-bond acceptors (Lipinski definition) is 5. The van der Waals surface area contributed by atoms with E-state index in [-0.39, 0.29) is 25.6 Å². The van der Waals surface area contributed by atoms with Crippen LogP contribution in [0.15, 0.2) is 12.1 Å². The lowest BCUT2D eigenvalue weighted by Gasteiger charge is -2.30. The van der Waals surface area contributed by atoms with E-state index < -0.39 is 12.2 Å². The highest BCUT2D eigenvalue weighted by atomic mass is 35.5. The average Bonchev–Trinajstić information content (AvgIpc) is 2.56. The molecule has 0 unspecified atom stereocenters. The highest BCUT2D eigenvalue weighted by Crippen LogP contribution is 2.29. The summed E-state index contributed by atoms with van der Waals surface area (Å²) in [5.74, 6) is 0.174.